The van der Waals surface area contributed by atoms with E-state index in [-0.39, 0.29) is 21.3 Å². The number of nitrogens with zero attached hydrogens (tertiary/aromatic N) is 2. The maximum Gasteiger partial charge on any atom is 0.257 e. The second-order valence-corrected chi connectivity index (χ2v) is 5.18. The molecule has 2 aromatic heterocycles. The van der Waals surface area contributed by atoms with Crippen molar-refractivity contribution < 1.29 is 4.79 Å². The summed E-state index contributed by atoms with van der Waals surface area (Å²) in [5.74, 6) is -0.411. The maximum absolute atomic E-state index is 12.2. The number of carbonyl (C=O) groups excluding carboxylic acids is 1. The van der Waals surface area contributed by atoms with Gasteiger partial charge in [-0.3, -0.25) is 9.59 Å². The predicted molar refractivity (Wildman–Crippen MR) is 83.2 cm³/mol. The number of aryl methyl sites for hydroxylation is 1. The lowest BCUT2D eigenvalue weighted by Crippen LogP contribution is -2.20. The van der Waals surface area contributed by atoms with E-state index in [4.69, 9.17) is 23.2 Å². The highest BCUT2D eigenvalue weighted by molar-refractivity contribution is 6.35. The zero-order valence-corrected chi connectivity index (χ0v) is 12.8. The third-order valence-electron chi connectivity index (χ3n) is 2.77. The average Bonchev–Trinajstić information content (AvgIpc) is 2.45. The summed E-state index contributed by atoms with van der Waals surface area (Å²) in [5.41, 5.74) is 0.627. The van der Waals surface area contributed by atoms with Crippen LogP contribution in [0.2, 0.25) is 10.2 Å². The monoisotopic (exact) mass is 325 g/mol. The van der Waals surface area contributed by atoms with E-state index in [2.05, 4.69) is 10.3 Å². The molecule has 0 saturated carbocycles. The van der Waals surface area contributed by atoms with Crippen LogP contribution in [0, 0.1) is 0 Å². The zero-order chi connectivity index (χ0) is 15.4. The summed E-state index contributed by atoms with van der Waals surface area (Å²) in [7, 11) is 0. The van der Waals surface area contributed by atoms with Gasteiger partial charge in [-0.05, 0) is 18.6 Å². The molecule has 1 N–H and O–H groups in total. The SMILES string of the molecule is CCCn1cc(NC(=O)c2cc(Cl)ncc2Cl)ccc1=O. The minimum Gasteiger partial charge on any atom is -0.321 e. The fourth-order valence-electron chi connectivity index (χ4n) is 1.81. The van der Waals surface area contributed by atoms with Crippen molar-refractivity contribution in [2.45, 2.75) is 19.9 Å². The van der Waals surface area contributed by atoms with Crippen LogP contribution in [-0.4, -0.2) is 15.5 Å². The Labute approximate surface area is 131 Å². The van der Waals surface area contributed by atoms with Crippen molar-refractivity contribution >= 4 is 34.8 Å². The van der Waals surface area contributed by atoms with Gasteiger partial charge < -0.3 is 9.88 Å². The summed E-state index contributed by atoms with van der Waals surface area (Å²) < 4.78 is 1.54. The van der Waals surface area contributed by atoms with E-state index in [1.165, 1.54) is 22.9 Å². The predicted octanol–water partition coefficient (Wildman–Crippen LogP) is 3.21. The van der Waals surface area contributed by atoms with Crippen molar-refractivity contribution in [1.29, 1.82) is 0 Å². The van der Waals surface area contributed by atoms with E-state index in [1.807, 2.05) is 6.92 Å². The number of aromatic nitrogens is 2. The molecule has 0 atom stereocenters. The lowest BCUT2D eigenvalue weighted by Gasteiger charge is -2.09. The molecule has 0 spiro atoms. The summed E-state index contributed by atoms with van der Waals surface area (Å²) in [6.07, 6.45) is 3.74. The van der Waals surface area contributed by atoms with Crippen LogP contribution in [0.15, 0.2) is 35.4 Å². The summed E-state index contributed by atoms with van der Waals surface area (Å²) >= 11 is 11.7. The van der Waals surface area contributed by atoms with Gasteiger partial charge in [0.1, 0.15) is 5.15 Å². The smallest absolute Gasteiger partial charge is 0.257 e. The first kappa shape index (κ1) is 15.5. The van der Waals surface area contributed by atoms with E-state index in [0.717, 1.165) is 6.42 Å². The van der Waals surface area contributed by atoms with Gasteiger partial charge >= 0.3 is 0 Å². The lowest BCUT2D eigenvalue weighted by molar-refractivity contribution is 0.102. The summed E-state index contributed by atoms with van der Waals surface area (Å²) in [4.78, 5) is 27.6. The van der Waals surface area contributed by atoms with Gasteiger partial charge in [0.15, 0.2) is 0 Å². The van der Waals surface area contributed by atoms with Gasteiger partial charge in [0.25, 0.3) is 11.5 Å². The molecule has 2 heterocycles. The van der Waals surface area contributed by atoms with Gasteiger partial charge in [0, 0.05) is 25.0 Å². The Balaban J connectivity index is 2.25. The minimum absolute atomic E-state index is 0.111. The highest BCUT2D eigenvalue weighted by Gasteiger charge is 2.12. The molecule has 110 valence electrons. The molecule has 0 radical (unpaired) electrons. The van der Waals surface area contributed by atoms with Gasteiger partial charge in [0.05, 0.1) is 16.3 Å². The molecule has 0 unspecified atom stereocenters. The summed E-state index contributed by atoms with van der Waals surface area (Å²) in [5, 5.41) is 3.07. The van der Waals surface area contributed by atoms with Crippen molar-refractivity contribution in [2.24, 2.45) is 0 Å². The van der Waals surface area contributed by atoms with Crippen LogP contribution < -0.4 is 10.9 Å². The van der Waals surface area contributed by atoms with Crippen LogP contribution in [0.3, 0.4) is 0 Å². The average molecular weight is 326 g/mol. The quantitative estimate of drug-likeness (QED) is 0.878. The van der Waals surface area contributed by atoms with Crippen LogP contribution in [0.4, 0.5) is 5.69 Å². The number of hydrogen-bond donors (Lipinski definition) is 1. The van der Waals surface area contributed by atoms with Crippen LogP contribution in [0.1, 0.15) is 23.7 Å². The molecule has 2 aromatic rings. The Hall–Kier alpha value is -1.85. The number of amides is 1. The number of halogens is 2. The number of nitrogens with one attached hydrogen (secondary N) is 1. The molecule has 7 heteroatoms. The van der Waals surface area contributed by atoms with E-state index in [1.54, 1.807) is 12.3 Å². The first-order valence-corrected chi connectivity index (χ1v) is 7.09. The molecule has 1 amide bonds. The summed E-state index contributed by atoms with van der Waals surface area (Å²) in [6, 6.07) is 4.34. The van der Waals surface area contributed by atoms with E-state index in [9.17, 15) is 9.59 Å². The highest BCUT2D eigenvalue weighted by Crippen LogP contribution is 2.19. The van der Waals surface area contributed by atoms with Crippen LogP contribution in [0.25, 0.3) is 0 Å². The van der Waals surface area contributed by atoms with Crippen LogP contribution in [0.5, 0.6) is 0 Å². The minimum atomic E-state index is -0.411. The number of anilines is 1. The van der Waals surface area contributed by atoms with Crippen molar-refractivity contribution in [3.63, 3.8) is 0 Å². The Morgan fingerprint density at radius 1 is 1.38 bits per heavy atom. The Morgan fingerprint density at radius 2 is 2.14 bits per heavy atom. The van der Waals surface area contributed by atoms with Gasteiger partial charge in [0.2, 0.25) is 0 Å². The number of carbonyl (C=O) groups is 1. The maximum atomic E-state index is 12.2. The molecule has 0 bridgehead atoms. The molecule has 21 heavy (non-hydrogen) atoms. The van der Waals surface area contributed by atoms with Crippen molar-refractivity contribution in [1.82, 2.24) is 9.55 Å². The standard InChI is InChI=1S/C14H13Cl2N3O2/c1-2-5-19-8-9(3-4-13(19)20)18-14(21)10-6-12(16)17-7-11(10)15/h3-4,6-8H,2,5H2,1H3,(H,18,21). The van der Waals surface area contributed by atoms with E-state index in [0.29, 0.717) is 12.2 Å². The molecule has 0 aliphatic heterocycles. The van der Waals surface area contributed by atoms with Gasteiger partial charge in [-0.15, -0.1) is 0 Å². The second kappa shape index (κ2) is 6.74. The van der Waals surface area contributed by atoms with Crippen molar-refractivity contribution in [2.75, 3.05) is 5.32 Å². The number of hydrogen-bond acceptors (Lipinski definition) is 3. The molecular formula is C14H13Cl2N3O2. The Morgan fingerprint density at radius 3 is 2.86 bits per heavy atom. The highest BCUT2D eigenvalue weighted by atomic mass is 35.5. The third-order valence-corrected chi connectivity index (χ3v) is 3.28. The lowest BCUT2D eigenvalue weighted by atomic mass is 10.2. The van der Waals surface area contributed by atoms with Crippen LogP contribution in [-0.2, 0) is 6.54 Å². The Bertz CT molecular complexity index is 728. The first-order valence-electron chi connectivity index (χ1n) is 6.34. The fourth-order valence-corrected chi connectivity index (χ4v) is 2.15. The van der Waals surface area contributed by atoms with Gasteiger partial charge in [-0.1, -0.05) is 30.1 Å². The molecule has 2 rings (SSSR count). The third kappa shape index (κ3) is 3.83. The van der Waals surface area contributed by atoms with Crippen molar-refractivity contribution in [3.05, 3.63) is 56.7 Å². The molecule has 0 aromatic carbocycles. The molecule has 0 saturated heterocycles. The van der Waals surface area contributed by atoms with Crippen molar-refractivity contribution in [3.8, 4) is 0 Å². The summed E-state index contributed by atoms with van der Waals surface area (Å²) in [6.45, 7) is 2.56. The Kier molecular flexibility index (Phi) is 4.98. The zero-order valence-electron chi connectivity index (χ0n) is 11.3. The van der Waals surface area contributed by atoms with E-state index < -0.39 is 5.91 Å². The molecule has 0 fully saturated rings. The normalized spacial score (nSPS) is 10.4. The number of pyridine rings is 2. The molecular weight excluding hydrogens is 313 g/mol. The van der Waals surface area contributed by atoms with Crippen LogP contribution >= 0.6 is 23.2 Å². The second-order valence-electron chi connectivity index (χ2n) is 4.39. The topological polar surface area (TPSA) is 64.0 Å². The molecule has 0 aliphatic rings. The molecule has 0 aliphatic carbocycles. The van der Waals surface area contributed by atoms with E-state index >= 15 is 0 Å². The number of rotatable bonds is 4. The molecule has 5 nitrogen and oxygen atoms in total. The fraction of sp³-hybridized carbons (Fsp3) is 0.214. The van der Waals surface area contributed by atoms with Gasteiger partial charge in [-0.25, -0.2) is 4.98 Å². The first-order chi connectivity index (χ1) is 10.0. The van der Waals surface area contributed by atoms with Gasteiger partial charge in [-0.2, -0.15) is 0 Å². The largest absolute Gasteiger partial charge is 0.321 e.